The predicted molar refractivity (Wildman–Crippen MR) is 146 cm³/mol. The lowest BCUT2D eigenvalue weighted by Crippen LogP contribution is -2.57. The number of unbranched alkanes of at least 4 members (excludes halogenated alkanes) is 1. The highest BCUT2D eigenvalue weighted by atomic mass is 32.2. The lowest BCUT2D eigenvalue weighted by atomic mass is 10.0. The Balaban J connectivity index is 2.96. The summed E-state index contributed by atoms with van der Waals surface area (Å²) in [5, 5.41) is 35.2. The Morgan fingerprint density at radius 2 is 1.41 bits per heavy atom. The SMILES string of the molecule is CSCC[C@H](NC(=O)[C@H](CCCCN)NC(=O)[C@@H](N)Cc1ccc(O)cc1)C(=O)N[C@@H](CCC(=O)O)C(=O)O. The van der Waals surface area contributed by atoms with Crippen LogP contribution in [0.4, 0.5) is 0 Å². The molecule has 3 amide bonds. The summed E-state index contributed by atoms with van der Waals surface area (Å²) >= 11 is 1.41. The highest BCUT2D eigenvalue weighted by Crippen LogP contribution is 2.12. The Hall–Kier alpha value is -3.36. The quantitative estimate of drug-likeness (QED) is 0.0993. The lowest BCUT2D eigenvalue weighted by molar-refractivity contribution is -0.143. The summed E-state index contributed by atoms with van der Waals surface area (Å²) < 4.78 is 0. The molecule has 14 heteroatoms. The minimum Gasteiger partial charge on any atom is -0.508 e. The zero-order valence-electron chi connectivity index (χ0n) is 21.9. The van der Waals surface area contributed by atoms with Crippen molar-refractivity contribution in [2.24, 2.45) is 11.5 Å². The van der Waals surface area contributed by atoms with Crippen LogP contribution in [0.3, 0.4) is 0 Å². The van der Waals surface area contributed by atoms with E-state index >= 15 is 0 Å². The van der Waals surface area contributed by atoms with Crippen LogP contribution in [0.2, 0.25) is 0 Å². The molecule has 0 aliphatic rings. The molecule has 4 atom stereocenters. The molecule has 1 aromatic rings. The molecule has 13 nitrogen and oxygen atoms in total. The summed E-state index contributed by atoms with van der Waals surface area (Å²) in [6.07, 6.45) is 2.69. The molecule has 1 rings (SSSR count). The number of aliphatic carboxylic acids is 2. The van der Waals surface area contributed by atoms with Crippen LogP contribution in [-0.2, 0) is 30.4 Å². The summed E-state index contributed by atoms with van der Waals surface area (Å²) in [5.41, 5.74) is 12.3. The first kappa shape index (κ1) is 33.7. The van der Waals surface area contributed by atoms with Crippen molar-refractivity contribution in [3.63, 3.8) is 0 Å². The maximum atomic E-state index is 13.2. The summed E-state index contributed by atoms with van der Waals surface area (Å²) in [6.45, 7) is 0.383. The molecule has 0 unspecified atom stereocenters. The fourth-order valence-corrected chi connectivity index (χ4v) is 4.06. The van der Waals surface area contributed by atoms with Crippen molar-refractivity contribution in [3.05, 3.63) is 29.8 Å². The zero-order chi connectivity index (χ0) is 29.4. The summed E-state index contributed by atoms with van der Waals surface area (Å²) in [5.74, 6) is -4.06. The number of amides is 3. The van der Waals surface area contributed by atoms with E-state index in [0.29, 0.717) is 30.7 Å². The molecule has 39 heavy (non-hydrogen) atoms. The van der Waals surface area contributed by atoms with Gasteiger partial charge in [-0.25, -0.2) is 4.79 Å². The number of hydrogen-bond acceptors (Lipinski definition) is 9. The monoisotopic (exact) mass is 569 g/mol. The maximum Gasteiger partial charge on any atom is 0.326 e. The van der Waals surface area contributed by atoms with Gasteiger partial charge in [0.05, 0.1) is 6.04 Å². The summed E-state index contributed by atoms with van der Waals surface area (Å²) in [7, 11) is 0. The van der Waals surface area contributed by atoms with Gasteiger partial charge >= 0.3 is 11.9 Å². The van der Waals surface area contributed by atoms with Crippen molar-refractivity contribution in [1.29, 1.82) is 0 Å². The van der Waals surface area contributed by atoms with Crippen LogP contribution < -0.4 is 27.4 Å². The molecule has 1 aromatic carbocycles. The van der Waals surface area contributed by atoms with Crippen LogP contribution in [-0.4, -0.2) is 87.7 Å². The van der Waals surface area contributed by atoms with E-state index in [1.54, 1.807) is 18.4 Å². The number of carbonyl (C=O) groups excluding carboxylic acids is 3. The first-order valence-electron chi connectivity index (χ1n) is 12.6. The number of carboxylic acid groups (broad SMARTS) is 2. The second-order valence-electron chi connectivity index (χ2n) is 9.00. The van der Waals surface area contributed by atoms with Crippen LogP contribution in [0.25, 0.3) is 0 Å². The number of phenols is 1. The summed E-state index contributed by atoms with van der Waals surface area (Å²) in [6, 6.07) is 1.63. The third kappa shape index (κ3) is 13.3. The number of thioether (sulfide) groups is 1. The number of phenolic OH excluding ortho intramolecular Hbond substituents is 1. The third-order valence-electron chi connectivity index (χ3n) is 5.81. The Labute approximate surface area is 231 Å². The fraction of sp³-hybridized carbons (Fsp3) is 0.560. The van der Waals surface area contributed by atoms with Gasteiger partial charge in [0.2, 0.25) is 17.7 Å². The van der Waals surface area contributed by atoms with Crippen LogP contribution >= 0.6 is 11.8 Å². The van der Waals surface area contributed by atoms with E-state index in [9.17, 15) is 34.2 Å². The molecular weight excluding hydrogens is 530 g/mol. The van der Waals surface area contributed by atoms with Gasteiger partial charge < -0.3 is 42.7 Å². The highest BCUT2D eigenvalue weighted by molar-refractivity contribution is 7.98. The van der Waals surface area contributed by atoms with Gasteiger partial charge in [-0.15, -0.1) is 0 Å². The zero-order valence-corrected chi connectivity index (χ0v) is 22.7. The largest absolute Gasteiger partial charge is 0.508 e. The Kier molecular flexibility index (Phi) is 15.6. The number of carboxylic acids is 2. The van der Waals surface area contributed by atoms with E-state index < -0.39 is 60.2 Å². The van der Waals surface area contributed by atoms with Crippen molar-refractivity contribution in [2.45, 2.75) is 69.1 Å². The van der Waals surface area contributed by atoms with Crippen molar-refractivity contribution >= 4 is 41.4 Å². The molecule has 0 heterocycles. The Morgan fingerprint density at radius 1 is 0.846 bits per heavy atom. The molecular formula is C25H39N5O8S. The molecule has 0 aliphatic carbocycles. The average molecular weight is 570 g/mol. The molecule has 218 valence electrons. The van der Waals surface area contributed by atoms with Gasteiger partial charge in [0, 0.05) is 6.42 Å². The van der Waals surface area contributed by atoms with E-state index in [1.165, 1.54) is 23.9 Å². The predicted octanol–water partition coefficient (Wildman–Crippen LogP) is -0.452. The van der Waals surface area contributed by atoms with Gasteiger partial charge in [0.1, 0.15) is 23.9 Å². The van der Waals surface area contributed by atoms with Crippen molar-refractivity contribution in [1.82, 2.24) is 16.0 Å². The van der Waals surface area contributed by atoms with Crippen LogP contribution in [0.15, 0.2) is 24.3 Å². The van der Waals surface area contributed by atoms with Gasteiger partial charge in [0.25, 0.3) is 0 Å². The molecule has 0 aromatic heterocycles. The molecule has 0 aliphatic heterocycles. The molecule has 0 saturated heterocycles. The molecule has 0 bridgehead atoms. The second-order valence-corrected chi connectivity index (χ2v) is 9.98. The average Bonchev–Trinajstić information content (AvgIpc) is 2.88. The number of aromatic hydroxyl groups is 1. The smallest absolute Gasteiger partial charge is 0.326 e. The van der Waals surface area contributed by atoms with Crippen molar-refractivity contribution < 1.29 is 39.3 Å². The number of carbonyl (C=O) groups is 5. The molecule has 0 spiro atoms. The minimum absolute atomic E-state index is 0.0741. The summed E-state index contributed by atoms with van der Waals surface area (Å²) in [4.78, 5) is 61.3. The molecule has 0 radical (unpaired) electrons. The van der Waals surface area contributed by atoms with Crippen LogP contribution in [0.1, 0.15) is 44.1 Å². The number of nitrogens with one attached hydrogen (secondary N) is 3. The van der Waals surface area contributed by atoms with Gasteiger partial charge in [0.15, 0.2) is 0 Å². The first-order valence-corrected chi connectivity index (χ1v) is 14.0. The number of rotatable bonds is 19. The number of nitrogens with two attached hydrogens (primary N) is 2. The van der Waals surface area contributed by atoms with Crippen molar-refractivity contribution in [3.8, 4) is 5.75 Å². The van der Waals surface area contributed by atoms with Crippen molar-refractivity contribution in [2.75, 3.05) is 18.6 Å². The highest BCUT2D eigenvalue weighted by Gasteiger charge is 2.30. The van der Waals surface area contributed by atoms with E-state index in [0.717, 1.165) is 0 Å². The van der Waals surface area contributed by atoms with Gasteiger partial charge in [-0.1, -0.05) is 12.1 Å². The van der Waals surface area contributed by atoms with E-state index in [1.807, 2.05) is 0 Å². The van der Waals surface area contributed by atoms with Crippen LogP contribution in [0, 0.1) is 0 Å². The topological polar surface area (TPSA) is 234 Å². The van der Waals surface area contributed by atoms with E-state index in [-0.39, 0.29) is 31.4 Å². The minimum atomic E-state index is -1.44. The fourth-order valence-electron chi connectivity index (χ4n) is 3.59. The maximum absolute atomic E-state index is 13.2. The Morgan fingerprint density at radius 3 is 1.95 bits per heavy atom. The Bertz CT molecular complexity index is 962. The van der Waals surface area contributed by atoms with Crippen LogP contribution in [0.5, 0.6) is 5.75 Å². The molecule has 0 saturated carbocycles. The molecule has 10 N–H and O–H groups in total. The third-order valence-corrected chi connectivity index (χ3v) is 6.46. The normalized spacial score (nSPS) is 13.9. The van der Waals surface area contributed by atoms with E-state index in [4.69, 9.17) is 16.6 Å². The number of hydrogen-bond donors (Lipinski definition) is 8. The van der Waals surface area contributed by atoms with Gasteiger partial charge in [-0.05, 0) is 74.8 Å². The number of benzene rings is 1. The second kappa shape index (κ2) is 18.0. The van der Waals surface area contributed by atoms with Gasteiger partial charge in [-0.3, -0.25) is 19.2 Å². The van der Waals surface area contributed by atoms with E-state index in [2.05, 4.69) is 16.0 Å². The lowest BCUT2D eigenvalue weighted by Gasteiger charge is -2.25. The molecule has 0 fully saturated rings. The van der Waals surface area contributed by atoms with Gasteiger partial charge in [-0.2, -0.15) is 11.8 Å². The first-order chi connectivity index (χ1) is 18.5. The standard InChI is InChI=1S/C25H39N5O8S/c1-39-13-11-19(24(36)30-20(25(37)38)9-10-21(32)33)29-23(35)18(4-2-3-12-26)28-22(34)17(27)14-15-5-7-16(31)8-6-15/h5-8,17-20,31H,2-4,9-14,26-27H2,1H3,(H,28,34)(H,29,35)(H,30,36)(H,32,33)(H,37,38)/t17-,18-,19-,20-/m0/s1.